The summed E-state index contributed by atoms with van der Waals surface area (Å²) in [4.78, 5) is 22.0. The van der Waals surface area contributed by atoms with E-state index in [0.717, 1.165) is 42.3 Å². The van der Waals surface area contributed by atoms with Crippen molar-refractivity contribution in [2.75, 3.05) is 12.4 Å². The lowest BCUT2D eigenvalue weighted by atomic mass is 9.94. The zero-order valence-electron chi connectivity index (χ0n) is 16.1. The molecule has 0 bridgehead atoms. The second-order valence-electron chi connectivity index (χ2n) is 7.12. The average molecular weight is 374 g/mol. The highest BCUT2D eigenvalue weighted by atomic mass is 16.1. The van der Waals surface area contributed by atoms with Gasteiger partial charge in [-0.2, -0.15) is 15.3 Å². The fraction of sp³-hybridized carbons (Fsp3) is 0.381. The van der Waals surface area contributed by atoms with Crippen LogP contribution in [-0.4, -0.2) is 32.6 Å². The van der Waals surface area contributed by atoms with Gasteiger partial charge in [0.05, 0.1) is 28.6 Å². The van der Waals surface area contributed by atoms with Crippen molar-refractivity contribution in [3.05, 3.63) is 46.8 Å². The van der Waals surface area contributed by atoms with Crippen LogP contribution in [0.3, 0.4) is 0 Å². The van der Waals surface area contributed by atoms with Gasteiger partial charge in [-0.3, -0.25) is 9.48 Å². The highest BCUT2D eigenvalue weighted by Crippen LogP contribution is 2.38. The molecule has 1 aliphatic rings. The zero-order chi connectivity index (χ0) is 19.7. The molecule has 1 aromatic carbocycles. The van der Waals surface area contributed by atoms with E-state index < -0.39 is 5.92 Å². The summed E-state index contributed by atoms with van der Waals surface area (Å²) in [6.45, 7) is 2.98. The van der Waals surface area contributed by atoms with Crippen molar-refractivity contribution in [3.8, 4) is 6.07 Å². The number of nitrogens with one attached hydrogen (secondary N) is 1. The van der Waals surface area contributed by atoms with Crippen LogP contribution >= 0.6 is 0 Å². The van der Waals surface area contributed by atoms with E-state index in [1.54, 1.807) is 13.1 Å². The monoisotopic (exact) mass is 374 g/mol. The molecular formula is C21H22N6O. The number of ketones is 1. The van der Waals surface area contributed by atoms with Crippen LogP contribution in [0.1, 0.15) is 54.5 Å². The number of fused-ring (bicyclic) bond motifs is 2. The number of hydrogen-bond acceptors (Lipinski definition) is 6. The molecule has 28 heavy (non-hydrogen) atoms. The number of hydrogen-bond donors (Lipinski definition) is 1. The van der Waals surface area contributed by atoms with Gasteiger partial charge in [0.25, 0.3) is 0 Å². The number of nitriles is 1. The molecule has 0 fully saturated rings. The molecule has 0 saturated heterocycles. The predicted octanol–water partition coefficient (Wildman–Crippen LogP) is 3.19. The Morgan fingerprint density at radius 2 is 2.18 bits per heavy atom. The molecule has 1 aliphatic carbocycles. The maximum absolute atomic E-state index is 12.9. The molecule has 142 valence electrons. The third-order valence-electron chi connectivity index (χ3n) is 5.22. The van der Waals surface area contributed by atoms with Crippen molar-refractivity contribution < 1.29 is 4.79 Å². The van der Waals surface area contributed by atoms with Gasteiger partial charge in [0.1, 0.15) is 0 Å². The van der Waals surface area contributed by atoms with Crippen molar-refractivity contribution in [3.63, 3.8) is 0 Å². The average Bonchev–Trinajstić information content (AvgIpc) is 3.26. The first-order valence-electron chi connectivity index (χ1n) is 9.63. The van der Waals surface area contributed by atoms with E-state index in [9.17, 15) is 10.1 Å². The molecule has 7 nitrogen and oxygen atoms in total. The minimum atomic E-state index is -0.491. The molecule has 7 heteroatoms. The lowest BCUT2D eigenvalue weighted by molar-refractivity contribution is -0.118. The van der Waals surface area contributed by atoms with Gasteiger partial charge in [0.2, 0.25) is 5.95 Å². The van der Waals surface area contributed by atoms with Gasteiger partial charge in [-0.25, -0.2) is 4.98 Å². The number of benzene rings is 1. The molecule has 4 rings (SSSR count). The van der Waals surface area contributed by atoms with Crippen LogP contribution in [0.15, 0.2) is 24.4 Å². The standard InChI is InChI=1S/C21H22N6O/c1-3-4-5-8-27-12-16-19(24-21(23-2)25-20(16)26-27)18-15-9-13(11-22)6-7-14(15)10-17(18)28/h6-7,9,12,18H,3-5,8,10H2,1-2H3,(H,23,25,26). The van der Waals surface area contributed by atoms with Gasteiger partial charge in [0.15, 0.2) is 11.4 Å². The number of aromatic nitrogens is 4. The Balaban J connectivity index is 1.84. The SMILES string of the molecule is CCCCCn1cc2c(C3C(=O)Cc4ccc(C#N)cc43)nc(NC)nc2n1. The van der Waals surface area contributed by atoms with Crippen LogP contribution in [0.5, 0.6) is 0 Å². The Labute approximate surface area is 163 Å². The molecule has 1 atom stereocenters. The summed E-state index contributed by atoms with van der Waals surface area (Å²) in [5, 5.41) is 17.6. The van der Waals surface area contributed by atoms with E-state index >= 15 is 0 Å². The highest BCUT2D eigenvalue weighted by molar-refractivity contribution is 5.98. The summed E-state index contributed by atoms with van der Waals surface area (Å²) in [6, 6.07) is 7.60. The largest absolute Gasteiger partial charge is 0.357 e. The molecule has 0 radical (unpaired) electrons. The van der Waals surface area contributed by atoms with Crippen molar-refractivity contribution in [1.82, 2.24) is 19.7 Å². The van der Waals surface area contributed by atoms with Crippen LogP contribution in [0.4, 0.5) is 5.95 Å². The molecule has 2 aromatic heterocycles. The minimum Gasteiger partial charge on any atom is -0.357 e. The number of carbonyl (C=O) groups is 1. The summed E-state index contributed by atoms with van der Waals surface area (Å²) in [6.07, 6.45) is 5.63. The second-order valence-corrected chi connectivity index (χ2v) is 7.12. The topological polar surface area (TPSA) is 96.5 Å². The van der Waals surface area contributed by atoms with E-state index in [1.807, 2.05) is 23.0 Å². The summed E-state index contributed by atoms with van der Waals surface area (Å²) < 4.78 is 1.89. The molecule has 3 aromatic rings. The number of rotatable bonds is 6. The Kier molecular flexibility index (Phi) is 4.78. The van der Waals surface area contributed by atoms with Crippen LogP contribution < -0.4 is 5.32 Å². The zero-order valence-corrected chi connectivity index (χ0v) is 16.1. The van der Waals surface area contributed by atoms with Gasteiger partial charge in [-0.05, 0) is 29.7 Å². The molecule has 1 N–H and O–H groups in total. The fourth-order valence-corrected chi connectivity index (χ4v) is 3.80. The van der Waals surface area contributed by atoms with Crippen LogP contribution in [0.2, 0.25) is 0 Å². The lowest BCUT2D eigenvalue weighted by Crippen LogP contribution is -2.12. The van der Waals surface area contributed by atoms with Crippen LogP contribution in [-0.2, 0) is 17.8 Å². The minimum absolute atomic E-state index is 0.0888. The van der Waals surface area contributed by atoms with Gasteiger partial charge >= 0.3 is 0 Å². The first-order chi connectivity index (χ1) is 13.6. The molecule has 1 unspecified atom stereocenters. The van der Waals surface area contributed by atoms with Gasteiger partial charge in [-0.1, -0.05) is 25.8 Å². The Hall–Kier alpha value is -3.27. The van der Waals surface area contributed by atoms with E-state index in [1.165, 1.54) is 0 Å². The van der Waals surface area contributed by atoms with Crippen LogP contribution in [0, 0.1) is 11.3 Å². The normalized spacial score (nSPS) is 15.6. The lowest BCUT2D eigenvalue weighted by Gasteiger charge is -2.12. The number of carbonyl (C=O) groups excluding carboxylic acids is 1. The number of aryl methyl sites for hydroxylation is 1. The summed E-state index contributed by atoms with van der Waals surface area (Å²) in [5.74, 6) is 0.0408. The van der Waals surface area contributed by atoms with Crippen molar-refractivity contribution >= 4 is 22.8 Å². The van der Waals surface area contributed by atoms with Crippen molar-refractivity contribution in [1.29, 1.82) is 5.26 Å². The summed E-state index contributed by atoms with van der Waals surface area (Å²) >= 11 is 0. The van der Waals surface area contributed by atoms with Gasteiger partial charge in [-0.15, -0.1) is 0 Å². The molecule has 0 saturated carbocycles. The first kappa shape index (κ1) is 18.1. The third-order valence-corrected chi connectivity index (χ3v) is 5.22. The number of Topliss-reactive ketones (excluding diaryl/α,β-unsaturated/α-hetero) is 1. The molecule has 0 spiro atoms. The Morgan fingerprint density at radius 1 is 1.32 bits per heavy atom. The maximum atomic E-state index is 12.9. The van der Waals surface area contributed by atoms with E-state index in [0.29, 0.717) is 29.3 Å². The number of unbranched alkanes of at least 4 members (excludes halogenated alkanes) is 2. The van der Waals surface area contributed by atoms with E-state index in [2.05, 4.69) is 33.4 Å². The highest BCUT2D eigenvalue weighted by Gasteiger charge is 2.35. The molecule has 0 amide bonds. The summed E-state index contributed by atoms with van der Waals surface area (Å²) in [5.41, 5.74) is 3.62. The Bertz CT molecular complexity index is 1090. The number of anilines is 1. The fourth-order valence-electron chi connectivity index (χ4n) is 3.80. The van der Waals surface area contributed by atoms with Crippen LogP contribution in [0.25, 0.3) is 11.0 Å². The molecule has 2 heterocycles. The Morgan fingerprint density at radius 3 is 2.93 bits per heavy atom. The third kappa shape index (κ3) is 3.11. The first-order valence-corrected chi connectivity index (χ1v) is 9.63. The van der Waals surface area contributed by atoms with E-state index in [-0.39, 0.29) is 5.78 Å². The smallest absolute Gasteiger partial charge is 0.224 e. The van der Waals surface area contributed by atoms with Gasteiger partial charge < -0.3 is 5.32 Å². The second kappa shape index (κ2) is 7.39. The predicted molar refractivity (Wildman–Crippen MR) is 106 cm³/mol. The molecule has 0 aliphatic heterocycles. The van der Waals surface area contributed by atoms with Crippen molar-refractivity contribution in [2.24, 2.45) is 0 Å². The number of nitrogens with zero attached hydrogens (tertiary/aromatic N) is 5. The van der Waals surface area contributed by atoms with Gasteiger partial charge in [0, 0.05) is 26.2 Å². The van der Waals surface area contributed by atoms with Crippen molar-refractivity contribution in [2.45, 2.75) is 45.1 Å². The molecular weight excluding hydrogens is 352 g/mol. The summed E-state index contributed by atoms with van der Waals surface area (Å²) in [7, 11) is 1.75. The maximum Gasteiger partial charge on any atom is 0.224 e. The van der Waals surface area contributed by atoms with E-state index in [4.69, 9.17) is 0 Å². The quantitative estimate of drug-likeness (QED) is 0.666.